The van der Waals surface area contributed by atoms with Gasteiger partial charge in [-0.3, -0.25) is 0 Å². The zero-order valence-electron chi connectivity index (χ0n) is 11.3. The van der Waals surface area contributed by atoms with Crippen LogP contribution in [0.3, 0.4) is 0 Å². The Hall–Kier alpha value is -1.88. The number of anilines is 1. The van der Waals surface area contributed by atoms with Gasteiger partial charge >= 0.3 is 5.97 Å². The highest BCUT2D eigenvalue weighted by Gasteiger charge is 2.11. The second-order valence-corrected chi connectivity index (χ2v) is 6.13. The predicted molar refractivity (Wildman–Crippen MR) is 79.2 cm³/mol. The summed E-state index contributed by atoms with van der Waals surface area (Å²) in [6, 6.07) is 8.40. The van der Waals surface area contributed by atoms with Crippen molar-refractivity contribution in [2.75, 3.05) is 5.32 Å². The van der Waals surface area contributed by atoms with Crippen LogP contribution in [0.1, 0.15) is 27.0 Å². The number of carboxylic acids is 1. The standard InChI is InChI=1S/C15H16FNO2S/c1-9(7-12-5-3-10(2)20-12)17-11-4-6-13(15(18)19)14(16)8-11/h3-6,8-9,17H,7H2,1-2H3,(H,18,19). The lowest BCUT2D eigenvalue weighted by molar-refractivity contribution is 0.0692. The number of hydrogen-bond acceptors (Lipinski definition) is 3. The summed E-state index contributed by atoms with van der Waals surface area (Å²) in [4.78, 5) is 13.3. The molecule has 20 heavy (non-hydrogen) atoms. The molecule has 2 rings (SSSR count). The molecule has 2 aromatic rings. The van der Waals surface area contributed by atoms with Crippen LogP contribution >= 0.6 is 11.3 Å². The maximum atomic E-state index is 13.6. The summed E-state index contributed by atoms with van der Waals surface area (Å²) in [5, 5.41) is 12.0. The smallest absolute Gasteiger partial charge is 0.338 e. The highest BCUT2D eigenvalue weighted by molar-refractivity contribution is 7.11. The number of aryl methyl sites for hydroxylation is 1. The lowest BCUT2D eigenvalue weighted by atomic mass is 10.1. The van der Waals surface area contributed by atoms with Gasteiger partial charge in [-0.15, -0.1) is 11.3 Å². The Balaban J connectivity index is 2.02. The van der Waals surface area contributed by atoms with E-state index in [0.29, 0.717) is 5.69 Å². The van der Waals surface area contributed by atoms with E-state index < -0.39 is 11.8 Å². The van der Waals surface area contributed by atoms with Crippen LogP contribution in [-0.2, 0) is 6.42 Å². The lowest BCUT2D eigenvalue weighted by Gasteiger charge is -2.14. The number of rotatable bonds is 5. The number of aromatic carboxylic acids is 1. The second kappa shape index (κ2) is 6.05. The number of nitrogens with one attached hydrogen (secondary N) is 1. The molecule has 0 saturated heterocycles. The van der Waals surface area contributed by atoms with Gasteiger partial charge in [0.25, 0.3) is 0 Å². The number of thiophene rings is 1. The Bertz CT molecular complexity index is 624. The van der Waals surface area contributed by atoms with E-state index >= 15 is 0 Å². The van der Waals surface area contributed by atoms with Crippen molar-refractivity contribution in [2.24, 2.45) is 0 Å². The molecule has 0 aliphatic rings. The summed E-state index contributed by atoms with van der Waals surface area (Å²) in [6.45, 7) is 4.07. The van der Waals surface area contributed by atoms with Crippen LogP contribution in [0, 0.1) is 12.7 Å². The SMILES string of the molecule is Cc1ccc(CC(C)Nc2ccc(C(=O)O)c(F)c2)s1. The zero-order valence-corrected chi connectivity index (χ0v) is 12.1. The fraction of sp³-hybridized carbons (Fsp3) is 0.267. The van der Waals surface area contributed by atoms with E-state index in [1.165, 1.54) is 21.9 Å². The van der Waals surface area contributed by atoms with Crippen molar-refractivity contribution >= 4 is 23.0 Å². The number of carbonyl (C=O) groups is 1. The Morgan fingerprint density at radius 3 is 2.70 bits per heavy atom. The molecule has 0 fully saturated rings. The molecule has 0 saturated carbocycles. The third-order valence-corrected chi connectivity index (χ3v) is 3.94. The highest BCUT2D eigenvalue weighted by Crippen LogP contribution is 2.20. The van der Waals surface area contributed by atoms with Crippen molar-refractivity contribution in [2.45, 2.75) is 26.3 Å². The number of hydrogen-bond donors (Lipinski definition) is 2. The van der Waals surface area contributed by atoms with Crippen molar-refractivity contribution in [3.63, 3.8) is 0 Å². The molecule has 106 valence electrons. The summed E-state index contributed by atoms with van der Waals surface area (Å²) in [6.07, 6.45) is 0.848. The molecule has 0 bridgehead atoms. The predicted octanol–water partition coefficient (Wildman–Crippen LogP) is 3.94. The number of benzene rings is 1. The Morgan fingerprint density at radius 1 is 1.40 bits per heavy atom. The van der Waals surface area contributed by atoms with Crippen molar-refractivity contribution in [3.05, 3.63) is 51.5 Å². The van der Waals surface area contributed by atoms with Crippen LogP contribution in [0.15, 0.2) is 30.3 Å². The molecule has 1 atom stereocenters. The summed E-state index contributed by atoms with van der Waals surface area (Å²) >= 11 is 1.74. The quantitative estimate of drug-likeness (QED) is 0.878. The zero-order chi connectivity index (χ0) is 14.7. The lowest BCUT2D eigenvalue weighted by Crippen LogP contribution is -2.17. The molecule has 0 aliphatic heterocycles. The molecule has 3 nitrogen and oxygen atoms in total. The summed E-state index contributed by atoms with van der Waals surface area (Å²) < 4.78 is 13.6. The van der Waals surface area contributed by atoms with Gasteiger partial charge in [0.1, 0.15) is 5.82 Å². The van der Waals surface area contributed by atoms with Gasteiger partial charge in [-0.2, -0.15) is 0 Å². The molecular weight excluding hydrogens is 277 g/mol. The van der Waals surface area contributed by atoms with Gasteiger partial charge in [-0.05, 0) is 44.2 Å². The molecule has 0 radical (unpaired) electrons. The van der Waals surface area contributed by atoms with Crippen LogP contribution in [0.5, 0.6) is 0 Å². The van der Waals surface area contributed by atoms with Gasteiger partial charge < -0.3 is 10.4 Å². The normalized spacial score (nSPS) is 12.2. The minimum atomic E-state index is -1.25. The average Bonchev–Trinajstić information content (AvgIpc) is 2.74. The largest absolute Gasteiger partial charge is 0.478 e. The Morgan fingerprint density at radius 2 is 2.15 bits per heavy atom. The Kier molecular flexibility index (Phi) is 4.39. The average molecular weight is 293 g/mol. The minimum absolute atomic E-state index is 0.142. The fourth-order valence-electron chi connectivity index (χ4n) is 2.01. The maximum Gasteiger partial charge on any atom is 0.338 e. The van der Waals surface area contributed by atoms with Crippen molar-refractivity contribution < 1.29 is 14.3 Å². The molecule has 0 spiro atoms. The topological polar surface area (TPSA) is 49.3 Å². The van der Waals surface area contributed by atoms with Gasteiger partial charge in [-0.25, -0.2) is 9.18 Å². The van der Waals surface area contributed by atoms with Crippen molar-refractivity contribution in [1.82, 2.24) is 0 Å². The molecule has 0 aliphatic carbocycles. The third-order valence-electron chi connectivity index (χ3n) is 2.92. The molecule has 0 amide bonds. The Labute approximate surface area is 121 Å². The van der Waals surface area contributed by atoms with Crippen LogP contribution in [0.25, 0.3) is 0 Å². The fourth-order valence-corrected chi connectivity index (χ4v) is 3.03. The van der Waals surface area contributed by atoms with Crippen LogP contribution in [0.4, 0.5) is 10.1 Å². The minimum Gasteiger partial charge on any atom is -0.478 e. The first-order valence-corrected chi connectivity index (χ1v) is 7.12. The van der Waals surface area contributed by atoms with Crippen LogP contribution < -0.4 is 5.32 Å². The van der Waals surface area contributed by atoms with Crippen molar-refractivity contribution in [1.29, 1.82) is 0 Å². The summed E-state index contributed by atoms with van der Waals surface area (Å²) in [5.41, 5.74) is 0.283. The second-order valence-electron chi connectivity index (χ2n) is 4.76. The van der Waals surface area contributed by atoms with Gasteiger partial charge in [-0.1, -0.05) is 0 Å². The van der Waals surface area contributed by atoms with Gasteiger partial charge in [0, 0.05) is 27.9 Å². The molecule has 1 unspecified atom stereocenters. The van der Waals surface area contributed by atoms with E-state index in [4.69, 9.17) is 5.11 Å². The van der Waals surface area contributed by atoms with Crippen molar-refractivity contribution in [3.8, 4) is 0 Å². The van der Waals surface area contributed by atoms with E-state index in [9.17, 15) is 9.18 Å². The molecule has 5 heteroatoms. The third kappa shape index (κ3) is 3.57. The number of carboxylic acid groups (broad SMARTS) is 1. The van der Waals surface area contributed by atoms with Crippen LogP contribution in [-0.4, -0.2) is 17.1 Å². The van der Waals surface area contributed by atoms with Crippen LogP contribution in [0.2, 0.25) is 0 Å². The van der Waals surface area contributed by atoms with Gasteiger partial charge in [0.15, 0.2) is 0 Å². The van der Waals surface area contributed by atoms with Gasteiger partial charge in [0.2, 0.25) is 0 Å². The molecule has 2 N–H and O–H groups in total. The first-order chi connectivity index (χ1) is 9.45. The molecule has 1 aromatic carbocycles. The van der Waals surface area contributed by atoms with E-state index in [2.05, 4.69) is 24.4 Å². The maximum absolute atomic E-state index is 13.6. The molecule has 1 aromatic heterocycles. The summed E-state index contributed by atoms with van der Waals surface area (Å²) in [5.74, 6) is -1.97. The molecule has 1 heterocycles. The van der Waals surface area contributed by atoms with Gasteiger partial charge in [0.05, 0.1) is 5.56 Å². The highest BCUT2D eigenvalue weighted by atomic mass is 32.1. The monoisotopic (exact) mass is 293 g/mol. The molecular formula is C15H16FNO2S. The first-order valence-electron chi connectivity index (χ1n) is 6.30. The summed E-state index contributed by atoms with van der Waals surface area (Å²) in [7, 11) is 0. The van der Waals surface area contributed by atoms with E-state index in [0.717, 1.165) is 6.42 Å². The van der Waals surface area contributed by atoms with E-state index in [1.54, 1.807) is 17.4 Å². The number of halogens is 1. The van der Waals surface area contributed by atoms with E-state index in [-0.39, 0.29) is 11.6 Å². The first kappa shape index (κ1) is 14.5. The van der Waals surface area contributed by atoms with E-state index in [1.807, 2.05) is 6.92 Å².